The molecule has 0 aliphatic heterocycles. The van der Waals surface area contributed by atoms with E-state index < -0.39 is 6.10 Å². The van der Waals surface area contributed by atoms with Gasteiger partial charge in [-0.3, -0.25) is 0 Å². The monoisotopic (exact) mass is 491 g/mol. The fourth-order valence-electron chi connectivity index (χ4n) is 2.30. The van der Waals surface area contributed by atoms with Crippen molar-refractivity contribution in [3.8, 4) is 11.5 Å². The normalized spacial score (nSPS) is 12.1. The molecule has 0 saturated heterocycles. The number of aliphatic imine (C=N–C) groups is 1. The van der Waals surface area contributed by atoms with E-state index in [9.17, 15) is 5.11 Å². The quantitative estimate of drug-likeness (QED) is 0.301. The molecule has 0 aliphatic rings. The SMILES string of the molecule is CCNC(=NCc1ccsc1)NCC(O)c1cc(OC)ccc1OC.I. The Morgan fingerprint density at radius 1 is 1.23 bits per heavy atom. The standard InChI is InChI=1S/C18H25N3O3S.HI/c1-4-19-18(20-10-13-7-8-25-12-13)21-11-16(22)15-9-14(23-2)5-6-17(15)24-3;/h5-9,12,16,22H,4,10-11H2,1-3H3,(H2,19,20,21);1H. The predicted molar refractivity (Wildman–Crippen MR) is 117 cm³/mol. The molecule has 3 N–H and O–H groups in total. The molecule has 2 rings (SSSR count). The Morgan fingerprint density at radius 3 is 2.65 bits per heavy atom. The lowest BCUT2D eigenvalue weighted by atomic mass is 10.1. The third kappa shape index (κ3) is 6.65. The van der Waals surface area contributed by atoms with Crippen LogP contribution in [0.2, 0.25) is 0 Å². The van der Waals surface area contributed by atoms with Crippen LogP contribution in [0.3, 0.4) is 0 Å². The zero-order chi connectivity index (χ0) is 18.1. The molecule has 1 unspecified atom stereocenters. The molecule has 1 aromatic heterocycles. The zero-order valence-corrected chi connectivity index (χ0v) is 18.3. The van der Waals surface area contributed by atoms with Crippen LogP contribution in [0.5, 0.6) is 11.5 Å². The van der Waals surface area contributed by atoms with E-state index in [1.165, 1.54) is 0 Å². The number of halogens is 1. The zero-order valence-electron chi connectivity index (χ0n) is 15.2. The summed E-state index contributed by atoms with van der Waals surface area (Å²) in [5, 5.41) is 21.0. The highest BCUT2D eigenvalue weighted by Crippen LogP contribution is 2.29. The number of thiophene rings is 1. The van der Waals surface area contributed by atoms with Crippen molar-refractivity contribution in [3.05, 3.63) is 46.2 Å². The second kappa shape index (κ2) is 12.0. The van der Waals surface area contributed by atoms with Crippen LogP contribution < -0.4 is 20.1 Å². The summed E-state index contributed by atoms with van der Waals surface area (Å²) in [6.07, 6.45) is -0.755. The fourth-order valence-corrected chi connectivity index (χ4v) is 2.96. The van der Waals surface area contributed by atoms with E-state index in [1.54, 1.807) is 43.8 Å². The van der Waals surface area contributed by atoms with Gasteiger partial charge in [0, 0.05) is 18.7 Å². The van der Waals surface area contributed by atoms with E-state index in [2.05, 4.69) is 21.0 Å². The minimum Gasteiger partial charge on any atom is -0.497 e. The number of rotatable bonds is 8. The molecule has 0 aliphatic carbocycles. The van der Waals surface area contributed by atoms with Gasteiger partial charge in [0.15, 0.2) is 5.96 Å². The Bertz CT molecular complexity index is 680. The van der Waals surface area contributed by atoms with Crippen LogP contribution in [0.1, 0.15) is 24.2 Å². The molecule has 6 nitrogen and oxygen atoms in total. The molecule has 0 spiro atoms. The van der Waals surface area contributed by atoms with Crippen LogP contribution in [0.15, 0.2) is 40.0 Å². The number of hydrogen-bond acceptors (Lipinski definition) is 5. The van der Waals surface area contributed by atoms with Crippen molar-refractivity contribution in [1.29, 1.82) is 0 Å². The van der Waals surface area contributed by atoms with Crippen molar-refractivity contribution in [3.63, 3.8) is 0 Å². The van der Waals surface area contributed by atoms with E-state index in [0.29, 0.717) is 36.1 Å². The molecular formula is C18H26IN3O3S. The second-order valence-electron chi connectivity index (χ2n) is 5.33. The van der Waals surface area contributed by atoms with Gasteiger partial charge in [-0.25, -0.2) is 4.99 Å². The average molecular weight is 491 g/mol. The maximum atomic E-state index is 10.5. The predicted octanol–water partition coefficient (Wildman–Crippen LogP) is 3.17. The van der Waals surface area contributed by atoms with Gasteiger partial charge in [0.25, 0.3) is 0 Å². The Balaban J connectivity index is 0.00000338. The molecular weight excluding hydrogens is 465 g/mol. The average Bonchev–Trinajstić information content (AvgIpc) is 3.16. The maximum absolute atomic E-state index is 10.5. The second-order valence-corrected chi connectivity index (χ2v) is 6.11. The topological polar surface area (TPSA) is 75.1 Å². The van der Waals surface area contributed by atoms with Crippen LogP contribution in [0, 0.1) is 0 Å². The lowest BCUT2D eigenvalue weighted by Gasteiger charge is -2.18. The van der Waals surface area contributed by atoms with Gasteiger partial charge < -0.3 is 25.2 Å². The maximum Gasteiger partial charge on any atom is 0.191 e. The van der Waals surface area contributed by atoms with Crippen molar-refractivity contribution in [2.24, 2.45) is 4.99 Å². The van der Waals surface area contributed by atoms with E-state index in [-0.39, 0.29) is 24.0 Å². The van der Waals surface area contributed by atoms with Crippen molar-refractivity contribution >= 4 is 41.3 Å². The van der Waals surface area contributed by atoms with Gasteiger partial charge in [0.2, 0.25) is 0 Å². The Hall–Kier alpha value is -1.52. The first kappa shape index (κ1) is 22.5. The van der Waals surface area contributed by atoms with Crippen LogP contribution in [0.4, 0.5) is 0 Å². The number of methoxy groups -OCH3 is 2. The summed E-state index contributed by atoms with van der Waals surface area (Å²) in [6, 6.07) is 7.41. The molecule has 0 fully saturated rings. The van der Waals surface area contributed by atoms with Crippen molar-refractivity contribution in [1.82, 2.24) is 10.6 Å². The Labute approximate surface area is 175 Å². The first-order valence-corrected chi connectivity index (χ1v) is 9.05. The molecule has 2 aromatic rings. The number of benzene rings is 1. The molecule has 26 heavy (non-hydrogen) atoms. The molecule has 0 amide bonds. The van der Waals surface area contributed by atoms with Gasteiger partial charge in [-0.05, 0) is 47.5 Å². The van der Waals surface area contributed by atoms with Gasteiger partial charge >= 0.3 is 0 Å². The third-order valence-corrected chi connectivity index (χ3v) is 4.33. The third-order valence-electron chi connectivity index (χ3n) is 3.60. The van der Waals surface area contributed by atoms with Gasteiger partial charge in [-0.15, -0.1) is 24.0 Å². The number of ether oxygens (including phenoxy) is 2. The van der Waals surface area contributed by atoms with Crippen LogP contribution in [-0.4, -0.2) is 38.4 Å². The van der Waals surface area contributed by atoms with Crippen molar-refractivity contribution < 1.29 is 14.6 Å². The minimum atomic E-state index is -0.755. The van der Waals surface area contributed by atoms with Gasteiger partial charge in [0.1, 0.15) is 11.5 Å². The van der Waals surface area contributed by atoms with Crippen molar-refractivity contribution in [2.75, 3.05) is 27.3 Å². The fraction of sp³-hybridized carbons (Fsp3) is 0.389. The number of hydrogen-bond donors (Lipinski definition) is 3. The smallest absolute Gasteiger partial charge is 0.191 e. The largest absolute Gasteiger partial charge is 0.497 e. The molecule has 1 aromatic carbocycles. The highest BCUT2D eigenvalue weighted by atomic mass is 127. The van der Waals surface area contributed by atoms with Crippen LogP contribution in [0.25, 0.3) is 0 Å². The summed E-state index contributed by atoms with van der Waals surface area (Å²) >= 11 is 1.65. The van der Waals surface area contributed by atoms with E-state index >= 15 is 0 Å². The lowest BCUT2D eigenvalue weighted by molar-refractivity contribution is 0.176. The summed E-state index contributed by atoms with van der Waals surface area (Å²) < 4.78 is 10.6. The summed E-state index contributed by atoms with van der Waals surface area (Å²) in [5.74, 6) is 1.96. The lowest BCUT2D eigenvalue weighted by Crippen LogP contribution is -2.39. The van der Waals surface area contributed by atoms with Crippen LogP contribution in [-0.2, 0) is 6.54 Å². The number of aliphatic hydroxyl groups excluding tert-OH is 1. The Morgan fingerprint density at radius 2 is 2.04 bits per heavy atom. The summed E-state index contributed by atoms with van der Waals surface area (Å²) in [4.78, 5) is 4.53. The first-order chi connectivity index (χ1) is 12.2. The van der Waals surface area contributed by atoms with E-state index in [0.717, 1.165) is 12.1 Å². The van der Waals surface area contributed by atoms with Gasteiger partial charge in [0.05, 0.1) is 26.9 Å². The van der Waals surface area contributed by atoms with Gasteiger partial charge in [-0.1, -0.05) is 0 Å². The van der Waals surface area contributed by atoms with E-state index in [4.69, 9.17) is 9.47 Å². The summed E-state index contributed by atoms with van der Waals surface area (Å²) in [6.45, 7) is 3.65. The number of nitrogens with zero attached hydrogens (tertiary/aromatic N) is 1. The Kier molecular flexibility index (Phi) is 10.4. The molecule has 0 bridgehead atoms. The number of guanidine groups is 1. The van der Waals surface area contributed by atoms with Crippen molar-refractivity contribution in [2.45, 2.75) is 19.6 Å². The highest BCUT2D eigenvalue weighted by molar-refractivity contribution is 14.0. The molecule has 1 atom stereocenters. The van der Waals surface area contributed by atoms with E-state index in [1.807, 2.05) is 18.4 Å². The summed E-state index contributed by atoms with van der Waals surface area (Å²) in [7, 11) is 3.18. The minimum absolute atomic E-state index is 0. The number of aliphatic hydroxyl groups is 1. The van der Waals surface area contributed by atoms with Crippen LogP contribution >= 0.6 is 35.3 Å². The van der Waals surface area contributed by atoms with Gasteiger partial charge in [-0.2, -0.15) is 11.3 Å². The molecule has 8 heteroatoms. The first-order valence-electron chi connectivity index (χ1n) is 8.11. The highest BCUT2D eigenvalue weighted by Gasteiger charge is 2.15. The summed E-state index contributed by atoms with van der Waals surface area (Å²) in [5.41, 5.74) is 1.83. The molecule has 1 heterocycles. The molecule has 0 saturated carbocycles. The molecule has 144 valence electrons. The molecule has 0 radical (unpaired) electrons. The number of nitrogens with one attached hydrogen (secondary N) is 2.